The summed E-state index contributed by atoms with van der Waals surface area (Å²) in [5.41, 5.74) is 9.20. The van der Waals surface area contributed by atoms with Crippen LogP contribution in [0.1, 0.15) is 19.8 Å². The van der Waals surface area contributed by atoms with Crippen molar-refractivity contribution in [2.75, 3.05) is 72.0 Å². The summed E-state index contributed by atoms with van der Waals surface area (Å²) < 4.78 is 29.1. The van der Waals surface area contributed by atoms with Crippen molar-refractivity contribution < 1.29 is 18.4 Å². The Morgan fingerprint density at radius 1 is 1.03 bits per heavy atom. The smallest absolute Gasteiger partial charge is 0.229 e. The molecule has 7 unspecified atom stereocenters. The average molecular weight is 528 g/mol. The lowest BCUT2D eigenvalue weighted by atomic mass is 9.89. The van der Waals surface area contributed by atoms with Crippen molar-refractivity contribution in [3.63, 3.8) is 0 Å². The van der Waals surface area contributed by atoms with Gasteiger partial charge in [0.05, 0.1) is 30.3 Å². The monoisotopic (exact) mass is 527 g/mol. The zero-order valence-corrected chi connectivity index (χ0v) is 21.7. The number of rotatable bonds is 5. The Morgan fingerprint density at radius 2 is 1.76 bits per heavy atom. The van der Waals surface area contributed by atoms with E-state index in [9.17, 15) is 14.0 Å². The third-order valence-electron chi connectivity index (χ3n) is 8.87. The molecule has 0 radical (unpaired) electrons. The van der Waals surface area contributed by atoms with Gasteiger partial charge in [-0.05, 0) is 32.5 Å². The molecule has 5 aliphatic rings. The maximum absolute atomic E-state index is 15.3. The Kier molecular flexibility index (Phi) is 8.59. The SMILES string of the molecule is CCN1CCN(C(=O)C2CCN(C3C(F)CNCC3NC(=O)C3C(N)NN4CC(F)CNC34)CC2)CC1. The fourth-order valence-corrected chi connectivity index (χ4v) is 6.73. The number of halogens is 2. The van der Waals surface area contributed by atoms with Gasteiger partial charge in [-0.3, -0.25) is 19.8 Å². The Morgan fingerprint density at radius 3 is 2.46 bits per heavy atom. The van der Waals surface area contributed by atoms with Crippen molar-refractivity contribution in [2.45, 2.75) is 56.5 Å². The molecule has 5 aliphatic heterocycles. The number of alkyl halides is 2. The Hall–Kier alpha value is -1.48. The van der Waals surface area contributed by atoms with Crippen LogP contribution in [0.4, 0.5) is 8.78 Å². The van der Waals surface area contributed by atoms with Gasteiger partial charge in [0.15, 0.2) is 0 Å². The highest BCUT2D eigenvalue weighted by Crippen LogP contribution is 2.27. The van der Waals surface area contributed by atoms with Gasteiger partial charge >= 0.3 is 0 Å². The molecule has 0 spiro atoms. The highest BCUT2D eigenvalue weighted by atomic mass is 19.1. The van der Waals surface area contributed by atoms with E-state index >= 15 is 4.39 Å². The van der Waals surface area contributed by atoms with E-state index in [0.29, 0.717) is 32.5 Å². The number of nitrogens with two attached hydrogens (primary N) is 1. The van der Waals surface area contributed by atoms with E-state index in [1.807, 2.05) is 4.90 Å². The van der Waals surface area contributed by atoms with Gasteiger partial charge in [-0.25, -0.2) is 19.2 Å². The van der Waals surface area contributed by atoms with E-state index in [-0.39, 0.29) is 37.4 Å². The van der Waals surface area contributed by atoms with Crippen LogP contribution < -0.4 is 27.1 Å². The van der Waals surface area contributed by atoms with E-state index in [0.717, 1.165) is 32.7 Å². The molecule has 2 amide bonds. The predicted octanol–water partition coefficient (Wildman–Crippen LogP) is -2.35. The zero-order valence-electron chi connectivity index (χ0n) is 21.7. The molecule has 0 aromatic carbocycles. The van der Waals surface area contributed by atoms with Crippen LogP contribution in [0.15, 0.2) is 0 Å². The summed E-state index contributed by atoms with van der Waals surface area (Å²) in [7, 11) is 0. The Labute approximate surface area is 217 Å². The van der Waals surface area contributed by atoms with E-state index < -0.39 is 42.7 Å². The molecule has 0 aromatic heterocycles. The number of nitrogens with zero attached hydrogens (tertiary/aromatic N) is 4. The second-order valence-electron chi connectivity index (χ2n) is 11.1. The number of carbonyl (C=O) groups is 2. The number of likely N-dealkylation sites (tertiary alicyclic amines) is 1. The third-order valence-corrected chi connectivity index (χ3v) is 8.87. The van der Waals surface area contributed by atoms with Crippen LogP contribution in [0.2, 0.25) is 0 Å². The normalized spacial score (nSPS) is 38.9. The number of likely N-dealkylation sites (N-methyl/N-ethyl adjacent to an activating group) is 1. The number of hydrogen-bond acceptors (Lipinski definition) is 9. The minimum atomic E-state index is -1.14. The molecule has 37 heavy (non-hydrogen) atoms. The molecule has 0 saturated carbocycles. The van der Waals surface area contributed by atoms with E-state index in [2.05, 4.69) is 38.1 Å². The molecule has 5 fully saturated rings. The van der Waals surface area contributed by atoms with Gasteiger partial charge in [-0.2, -0.15) is 0 Å². The summed E-state index contributed by atoms with van der Waals surface area (Å²) in [6.07, 6.45) is -1.83. The van der Waals surface area contributed by atoms with Crippen LogP contribution in [0.25, 0.3) is 0 Å². The Balaban J connectivity index is 1.17. The Bertz CT molecular complexity index is 809. The lowest BCUT2D eigenvalue weighted by molar-refractivity contribution is -0.139. The van der Waals surface area contributed by atoms with Crippen LogP contribution >= 0.6 is 0 Å². The second kappa shape index (κ2) is 11.7. The first-order chi connectivity index (χ1) is 17.9. The average Bonchev–Trinajstić information content (AvgIpc) is 3.23. The predicted molar refractivity (Wildman–Crippen MR) is 134 cm³/mol. The van der Waals surface area contributed by atoms with Crippen molar-refractivity contribution >= 4 is 11.8 Å². The standard InChI is InChI=1S/C24H43F2N9O2/c1-2-32-7-9-34(10-8-32)24(37)15-3-5-33(6-4-15)20-17(26)12-28-13-18(20)30-23(36)19-21(27)31-35-14-16(25)11-29-22(19)35/h15-22,28-29,31H,2-14,27H2,1H3,(H,30,36). The van der Waals surface area contributed by atoms with Crippen molar-refractivity contribution in [1.82, 2.24) is 41.1 Å². The fraction of sp³-hybridized carbons (Fsp3) is 0.917. The van der Waals surface area contributed by atoms with Gasteiger partial charge < -0.3 is 26.2 Å². The van der Waals surface area contributed by atoms with Crippen LogP contribution in [0.5, 0.6) is 0 Å². The number of hydrogen-bond donors (Lipinski definition) is 5. The molecule has 5 saturated heterocycles. The quantitative estimate of drug-likeness (QED) is 0.268. The molecular formula is C24H43F2N9O2. The first kappa shape index (κ1) is 27.1. The highest BCUT2D eigenvalue weighted by molar-refractivity contribution is 5.81. The molecule has 11 nitrogen and oxygen atoms in total. The van der Waals surface area contributed by atoms with Crippen molar-refractivity contribution in [3.05, 3.63) is 0 Å². The maximum Gasteiger partial charge on any atom is 0.229 e. The van der Waals surface area contributed by atoms with Crippen LogP contribution in [0.3, 0.4) is 0 Å². The summed E-state index contributed by atoms with van der Waals surface area (Å²) in [6, 6.07) is -0.894. The fourth-order valence-electron chi connectivity index (χ4n) is 6.73. The zero-order chi connectivity index (χ0) is 26.1. The summed E-state index contributed by atoms with van der Waals surface area (Å²) in [5, 5.41) is 10.9. The number of piperidine rings is 2. The van der Waals surface area contributed by atoms with Gasteiger partial charge in [-0.15, -0.1) is 0 Å². The molecule has 6 N–H and O–H groups in total. The van der Waals surface area contributed by atoms with Gasteiger partial charge in [0.25, 0.3) is 0 Å². The maximum atomic E-state index is 15.3. The van der Waals surface area contributed by atoms with Gasteiger partial charge in [0, 0.05) is 58.3 Å². The van der Waals surface area contributed by atoms with Crippen molar-refractivity contribution in [1.29, 1.82) is 0 Å². The first-order valence-corrected chi connectivity index (χ1v) is 13.9. The van der Waals surface area contributed by atoms with Crippen LogP contribution in [0, 0.1) is 11.8 Å². The summed E-state index contributed by atoms with van der Waals surface area (Å²) in [4.78, 5) is 32.9. The molecule has 5 heterocycles. The summed E-state index contributed by atoms with van der Waals surface area (Å²) in [6.45, 7) is 8.83. The molecule has 210 valence electrons. The molecule has 0 aliphatic carbocycles. The third kappa shape index (κ3) is 5.77. The second-order valence-corrected chi connectivity index (χ2v) is 11.1. The van der Waals surface area contributed by atoms with E-state index in [4.69, 9.17) is 5.73 Å². The lowest BCUT2D eigenvalue weighted by Gasteiger charge is -2.46. The molecule has 5 rings (SSSR count). The van der Waals surface area contributed by atoms with E-state index in [1.54, 1.807) is 5.01 Å². The molecule has 0 bridgehead atoms. The van der Waals surface area contributed by atoms with E-state index in [1.165, 1.54) is 0 Å². The van der Waals surface area contributed by atoms with Crippen LogP contribution in [-0.2, 0) is 9.59 Å². The number of carbonyl (C=O) groups excluding carboxylic acids is 2. The minimum Gasteiger partial charge on any atom is -0.350 e. The number of hydrazine groups is 1. The molecule has 7 atom stereocenters. The molecule has 0 aromatic rings. The van der Waals surface area contributed by atoms with Crippen LogP contribution in [-0.4, -0.2) is 140 Å². The summed E-state index contributed by atoms with van der Waals surface area (Å²) in [5.74, 6) is -0.684. The highest BCUT2D eigenvalue weighted by Gasteiger charge is 2.48. The van der Waals surface area contributed by atoms with Crippen molar-refractivity contribution in [2.24, 2.45) is 17.6 Å². The number of fused-ring (bicyclic) bond motifs is 1. The topological polar surface area (TPSA) is 121 Å². The number of nitrogens with one attached hydrogen (secondary N) is 4. The minimum absolute atomic E-state index is 0.0255. The van der Waals surface area contributed by atoms with Crippen molar-refractivity contribution in [3.8, 4) is 0 Å². The number of amides is 2. The molecule has 13 heteroatoms. The number of piperazine rings is 1. The first-order valence-electron chi connectivity index (χ1n) is 13.9. The lowest BCUT2D eigenvalue weighted by Crippen LogP contribution is -2.67. The largest absolute Gasteiger partial charge is 0.350 e. The molecular weight excluding hydrogens is 484 g/mol. The van der Waals surface area contributed by atoms with Gasteiger partial charge in [-0.1, -0.05) is 6.92 Å². The van der Waals surface area contributed by atoms with Gasteiger partial charge in [0.2, 0.25) is 11.8 Å². The van der Waals surface area contributed by atoms with Gasteiger partial charge in [0.1, 0.15) is 12.3 Å². The summed E-state index contributed by atoms with van der Waals surface area (Å²) >= 11 is 0.